The number of nitrogens with zero attached hydrogens (tertiary/aromatic N) is 1. The molecule has 7 heteroatoms. The lowest BCUT2D eigenvalue weighted by atomic mass is 10.3. The summed E-state index contributed by atoms with van der Waals surface area (Å²) in [4.78, 5) is 25.0. The van der Waals surface area contributed by atoms with Gasteiger partial charge < -0.3 is 14.6 Å². The maximum Gasteiger partial charge on any atom is 0.240 e. The molecule has 1 amide bonds. The average Bonchev–Trinajstić information content (AvgIpc) is 2.55. The summed E-state index contributed by atoms with van der Waals surface area (Å²) in [6.45, 7) is 3.86. The first-order valence-electron chi connectivity index (χ1n) is 7.84. The van der Waals surface area contributed by atoms with Gasteiger partial charge in [0.1, 0.15) is 12.4 Å². The molecule has 0 aliphatic carbocycles. The second-order valence-electron chi connectivity index (χ2n) is 5.79. The van der Waals surface area contributed by atoms with Crippen molar-refractivity contribution in [2.45, 2.75) is 37.1 Å². The van der Waals surface area contributed by atoms with Crippen LogP contribution in [0.25, 0.3) is 0 Å². The van der Waals surface area contributed by atoms with Crippen LogP contribution in [0.5, 0.6) is 5.75 Å². The van der Waals surface area contributed by atoms with Crippen LogP contribution in [0.3, 0.4) is 0 Å². The van der Waals surface area contributed by atoms with Crippen molar-refractivity contribution in [3.05, 3.63) is 58.3 Å². The third kappa shape index (κ3) is 5.63. The number of carbonyl (C=O) groups excluding carboxylic acids is 1. The maximum absolute atomic E-state index is 13.0. The zero-order chi connectivity index (χ0) is 18.4. The Bertz CT molecular complexity index is 788. The van der Waals surface area contributed by atoms with Gasteiger partial charge in [-0.1, -0.05) is 0 Å². The lowest BCUT2D eigenvalue weighted by Crippen LogP contribution is -2.34. The Hall–Kier alpha value is -2.28. The van der Waals surface area contributed by atoms with Crippen molar-refractivity contribution in [3.8, 4) is 5.75 Å². The standard InChI is InChI=1S/C18H21FN2O3S/c1-12(2)20-18(23)10-21-9-17(24-3)16(22)8-14(21)11-25-15-6-4-13(19)5-7-15/h4-9,12H,10-11H2,1-3H3,(H,20,23). The molecule has 2 aromatic rings. The second kappa shape index (κ2) is 8.71. The third-order valence-electron chi connectivity index (χ3n) is 3.37. The second-order valence-corrected chi connectivity index (χ2v) is 6.84. The fourth-order valence-corrected chi connectivity index (χ4v) is 3.12. The molecular weight excluding hydrogens is 343 g/mol. The summed E-state index contributed by atoms with van der Waals surface area (Å²) in [6.07, 6.45) is 1.54. The molecule has 5 nitrogen and oxygen atoms in total. The molecule has 0 bridgehead atoms. The lowest BCUT2D eigenvalue weighted by Gasteiger charge is -2.16. The van der Waals surface area contributed by atoms with Gasteiger partial charge in [-0.15, -0.1) is 11.8 Å². The van der Waals surface area contributed by atoms with Gasteiger partial charge >= 0.3 is 0 Å². The van der Waals surface area contributed by atoms with Crippen LogP contribution in [0.2, 0.25) is 0 Å². The molecule has 25 heavy (non-hydrogen) atoms. The highest BCUT2D eigenvalue weighted by molar-refractivity contribution is 7.98. The Balaban J connectivity index is 2.21. The first-order chi connectivity index (χ1) is 11.9. The van der Waals surface area contributed by atoms with E-state index in [1.165, 1.54) is 37.1 Å². The van der Waals surface area contributed by atoms with E-state index >= 15 is 0 Å². The molecule has 134 valence electrons. The molecule has 0 atom stereocenters. The topological polar surface area (TPSA) is 60.3 Å². The van der Waals surface area contributed by atoms with Crippen molar-refractivity contribution < 1.29 is 13.9 Å². The number of nitrogens with one attached hydrogen (secondary N) is 1. The van der Waals surface area contributed by atoms with E-state index < -0.39 is 0 Å². The number of thioether (sulfide) groups is 1. The van der Waals surface area contributed by atoms with E-state index in [0.29, 0.717) is 11.4 Å². The highest BCUT2D eigenvalue weighted by Gasteiger charge is 2.12. The first kappa shape index (κ1) is 19.1. The van der Waals surface area contributed by atoms with Gasteiger partial charge in [0.25, 0.3) is 0 Å². The number of hydrogen-bond donors (Lipinski definition) is 1. The summed E-state index contributed by atoms with van der Waals surface area (Å²) < 4.78 is 19.8. The zero-order valence-corrected chi connectivity index (χ0v) is 15.2. The molecule has 0 fully saturated rings. The molecule has 0 aliphatic rings. The molecule has 0 unspecified atom stereocenters. The molecule has 0 saturated carbocycles. The van der Waals surface area contributed by atoms with Gasteiger partial charge in [0.15, 0.2) is 5.75 Å². The van der Waals surface area contributed by atoms with Gasteiger partial charge in [-0.05, 0) is 38.1 Å². The number of hydrogen-bond acceptors (Lipinski definition) is 4. The van der Waals surface area contributed by atoms with E-state index in [1.807, 2.05) is 13.8 Å². The zero-order valence-electron chi connectivity index (χ0n) is 14.4. The fourth-order valence-electron chi connectivity index (χ4n) is 2.23. The van der Waals surface area contributed by atoms with Crippen LogP contribution in [0.4, 0.5) is 4.39 Å². The Kier molecular flexibility index (Phi) is 6.64. The van der Waals surface area contributed by atoms with Gasteiger partial charge in [0, 0.05) is 28.5 Å². The number of ether oxygens (including phenoxy) is 1. The summed E-state index contributed by atoms with van der Waals surface area (Å²) >= 11 is 1.46. The lowest BCUT2D eigenvalue weighted by molar-refractivity contribution is -0.122. The summed E-state index contributed by atoms with van der Waals surface area (Å²) in [7, 11) is 1.42. The van der Waals surface area contributed by atoms with E-state index in [-0.39, 0.29) is 35.5 Å². The van der Waals surface area contributed by atoms with Crippen molar-refractivity contribution >= 4 is 17.7 Å². The molecule has 0 aliphatic heterocycles. The smallest absolute Gasteiger partial charge is 0.240 e. The van der Waals surface area contributed by atoms with E-state index in [4.69, 9.17) is 4.74 Å². The van der Waals surface area contributed by atoms with Crippen molar-refractivity contribution in [2.75, 3.05) is 7.11 Å². The van der Waals surface area contributed by atoms with Crippen LogP contribution in [0.1, 0.15) is 19.5 Å². The number of benzene rings is 1. The monoisotopic (exact) mass is 364 g/mol. The van der Waals surface area contributed by atoms with Gasteiger partial charge in [0.05, 0.1) is 13.3 Å². The van der Waals surface area contributed by atoms with Crippen LogP contribution < -0.4 is 15.5 Å². The summed E-state index contributed by atoms with van der Waals surface area (Å²) in [5, 5.41) is 2.82. The first-order valence-corrected chi connectivity index (χ1v) is 8.82. The molecular formula is C18H21FN2O3S. The normalized spacial score (nSPS) is 10.8. The summed E-state index contributed by atoms with van der Waals surface area (Å²) in [6, 6.07) is 7.64. The minimum absolute atomic E-state index is 0.0332. The Morgan fingerprint density at radius 3 is 2.60 bits per heavy atom. The molecule has 1 aromatic carbocycles. The van der Waals surface area contributed by atoms with Crippen molar-refractivity contribution in [2.24, 2.45) is 0 Å². The quantitative estimate of drug-likeness (QED) is 0.768. The fraction of sp³-hybridized carbons (Fsp3) is 0.333. The predicted octanol–water partition coefficient (Wildman–Crippen LogP) is 2.81. The molecule has 1 N–H and O–H groups in total. The minimum atomic E-state index is -0.295. The number of aromatic nitrogens is 1. The average molecular weight is 364 g/mol. The number of rotatable bonds is 7. The van der Waals surface area contributed by atoms with Gasteiger partial charge in [-0.25, -0.2) is 4.39 Å². The van der Waals surface area contributed by atoms with Crippen molar-refractivity contribution in [1.29, 1.82) is 0 Å². The van der Waals surface area contributed by atoms with Gasteiger partial charge in [-0.3, -0.25) is 9.59 Å². The van der Waals surface area contributed by atoms with E-state index in [1.54, 1.807) is 22.9 Å². The predicted molar refractivity (Wildman–Crippen MR) is 96.5 cm³/mol. The van der Waals surface area contributed by atoms with E-state index in [9.17, 15) is 14.0 Å². The van der Waals surface area contributed by atoms with Gasteiger partial charge in [-0.2, -0.15) is 0 Å². The number of methoxy groups -OCH3 is 1. The van der Waals surface area contributed by atoms with Crippen LogP contribution in [-0.4, -0.2) is 23.6 Å². The minimum Gasteiger partial charge on any atom is -0.491 e. The highest BCUT2D eigenvalue weighted by Crippen LogP contribution is 2.23. The van der Waals surface area contributed by atoms with E-state index in [2.05, 4.69) is 5.32 Å². The SMILES string of the molecule is COc1cn(CC(=O)NC(C)C)c(CSc2ccc(F)cc2)cc1=O. The van der Waals surface area contributed by atoms with Crippen LogP contribution in [0.15, 0.2) is 46.2 Å². The highest BCUT2D eigenvalue weighted by atomic mass is 32.2. The van der Waals surface area contributed by atoms with Crippen LogP contribution in [-0.2, 0) is 17.1 Å². The number of amides is 1. The molecule has 0 spiro atoms. The third-order valence-corrected chi connectivity index (χ3v) is 4.41. The maximum atomic E-state index is 13.0. The molecule has 0 radical (unpaired) electrons. The number of pyridine rings is 1. The van der Waals surface area contributed by atoms with Crippen LogP contribution >= 0.6 is 11.8 Å². The van der Waals surface area contributed by atoms with Crippen molar-refractivity contribution in [3.63, 3.8) is 0 Å². The Labute approximate surface area is 150 Å². The largest absolute Gasteiger partial charge is 0.491 e. The Morgan fingerprint density at radius 1 is 1.32 bits per heavy atom. The van der Waals surface area contributed by atoms with Crippen LogP contribution in [0, 0.1) is 5.82 Å². The van der Waals surface area contributed by atoms with Gasteiger partial charge in [0.2, 0.25) is 11.3 Å². The molecule has 2 rings (SSSR count). The summed E-state index contributed by atoms with van der Waals surface area (Å²) in [5.41, 5.74) is 0.455. The van der Waals surface area contributed by atoms with Crippen molar-refractivity contribution in [1.82, 2.24) is 9.88 Å². The Morgan fingerprint density at radius 2 is 2.00 bits per heavy atom. The molecule has 0 saturated heterocycles. The molecule has 1 aromatic heterocycles. The number of carbonyl (C=O) groups is 1. The van der Waals surface area contributed by atoms with E-state index in [0.717, 1.165) is 4.90 Å². The molecule has 1 heterocycles. The number of halogens is 1. The summed E-state index contributed by atoms with van der Waals surface area (Å²) in [5.74, 6) is 0.220.